The lowest BCUT2D eigenvalue weighted by Gasteiger charge is -2.37. The molecule has 0 N–H and O–H groups in total. The van der Waals surface area contributed by atoms with Crippen LogP contribution in [-0.4, -0.2) is 36.0 Å². The number of anilines is 1. The lowest BCUT2D eigenvalue weighted by Crippen LogP contribution is -2.48. The number of halogens is 1. The van der Waals surface area contributed by atoms with Crippen molar-refractivity contribution in [3.8, 4) is 5.75 Å². The highest BCUT2D eigenvalue weighted by Gasteiger charge is 2.71. The van der Waals surface area contributed by atoms with E-state index in [0.717, 1.165) is 5.56 Å². The molecule has 4 aromatic carbocycles. The quantitative estimate of drug-likeness (QED) is 0.198. The van der Waals surface area contributed by atoms with Crippen LogP contribution in [0.2, 0.25) is 0 Å². The van der Waals surface area contributed by atoms with Crippen LogP contribution < -0.4 is 9.64 Å². The van der Waals surface area contributed by atoms with Gasteiger partial charge in [-0.05, 0) is 38.1 Å². The standard InChI is InChI=1S/C36H28FNO4/c1-3-42-29-11-7-6-10-27(29)31-32(33(39)22-14-12-21(2)13-15-22)38-28-18-17-24(37)20-23(28)16-19-30(38)36(31)34(40)25-8-4-5-9-26(25)35(36)41/h4-20,30-32H,3H2,1-2H3/t30?,31-,32+/m0/s1. The number of rotatable bonds is 5. The van der Waals surface area contributed by atoms with Gasteiger partial charge in [-0.25, -0.2) is 4.39 Å². The zero-order valence-corrected chi connectivity index (χ0v) is 23.2. The number of nitrogens with zero attached hydrogens (tertiary/aromatic N) is 1. The van der Waals surface area contributed by atoms with Crippen LogP contribution in [0.4, 0.5) is 10.1 Å². The van der Waals surface area contributed by atoms with Gasteiger partial charge in [-0.3, -0.25) is 14.4 Å². The van der Waals surface area contributed by atoms with E-state index in [0.29, 0.717) is 45.9 Å². The lowest BCUT2D eigenvalue weighted by atomic mass is 9.64. The van der Waals surface area contributed by atoms with Crippen molar-refractivity contribution >= 4 is 29.1 Å². The summed E-state index contributed by atoms with van der Waals surface area (Å²) in [6, 6.07) is 24.2. The summed E-state index contributed by atoms with van der Waals surface area (Å²) in [7, 11) is 0. The molecule has 1 saturated heterocycles. The van der Waals surface area contributed by atoms with Crippen LogP contribution in [0, 0.1) is 18.2 Å². The highest BCUT2D eigenvalue weighted by molar-refractivity contribution is 6.32. The Hall–Kier alpha value is -4.84. The highest BCUT2D eigenvalue weighted by Crippen LogP contribution is 2.62. The summed E-state index contributed by atoms with van der Waals surface area (Å²) in [5.74, 6) is -1.65. The Bertz CT molecular complexity index is 1770. The number of para-hydroxylation sites is 1. The second kappa shape index (κ2) is 9.62. The molecule has 1 unspecified atom stereocenters. The van der Waals surface area contributed by atoms with Crippen molar-refractivity contribution in [2.45, 2.75) is 31.8 Å². The summed E-state index contributed by atoms with van der Waals surface area (Å²) < 4.78 is 20.5. The number of ketones is 3. The molecule has 42 heavy (non-hydrogen) atoms. The number of ether oxygens (including phenoxy) is 1. The van der Waals surface area contributed by atoms with Gasteiger partial charge in [-0.1, -0.05) is 84.4 Å². The summed E-state index contributed by atoms with van der Waals surface area (Å²) in [4.78, 5) is 46.2. The minimum atomic E-state index is -1.65. The number of carbonyl (C=O) groups is 3. The van der Waals surface area contributed by atoms with E-state index in [4.69, 9.17) is 4.74 Å². The van der Waals surface area contributed by atoms with Crippen LogP contribution >= 0.6 is 0 Å². The van der Waals surface area contributed by atoms with E-state index in [-0.39, 0.29) is 17.3 Å². The third kappa shape index (κ3) is 3.51. The van der Waals surface area contributed by atoms with Gasteiger partial charge in [0.2, 0.25) is 0 Å². The van der Waals surface area contributed by atoms with Gasteiger partial charge in [-0.2, -0.15) is 0 Å². The van der Waals surface area contributed by atoms with Gasteiger partial charge in [0.15, 0.2) is 17.3 Å². The largest absolute Gasteiger partial charge is 0.494 e. The SMILES string of the molecule is CCOc1ccccc1[C@H]1[C@H](C(=O)c2ccc(C)cc2)N2c3ccc(F)cc3C=CC2C12C(=O)c1ccccc1C2=O. The first-order valence-corrected chi connectivity index (χ1v) is 14.1. The van der Waals surface area contributed by atoms with Crippen LogP contribution in [0.5, 0.6) is 5.75 Å². The normalized spacial score (nSPS) is 21.3. The highest BCUT2D eigenvalue weighted by atomic mass is 19.1. The molecule has 4 aromatic rings. The first-order valence-electron chi connectivity index (χ1n) is 14.1. The number of fused-ring (bicyclic) bond motifs is 5. The minimum absolute atomic E-state index is 0.227. The Labute approximate surface area is 243 Å². The second-order valence-electron chi connectivity index (χ2n) is 11.1. The fraction of sp³-hybridized carbons (Fsp3) is 0.194. The molecule has 0 aromatic heterocycles. The van der Waals surface area contributed by atoms with Gasteiger partial charge in [0.05, 0.1) is 12.6 Å². The van der Waals surface area contributed by atoms with Gasteiger partial charge in [0.25, 0.3) is 0 Å². The minimum Gasteiger partial charge on any atom is -0.494 e. The third-order valence-corrected chi connectivity index (χ3v) is 8.92. The zero-order valence-electron chi connectivity index (χ0n) is 23.2. The van der Waals surface area contributed by atoms with E-state index < -0.39 is 29.2 Å². The van der Waals surface area contributed by atoms with Crippen LogP contribution in [0.15, 0.2) is 97.1 Å². The molecule has 0 bridgehead atoms. The number of hydrogen-bond acceptors (Lipinski definition) is 5. The number of carbonyl (C=O) groups excluding carboxylic acids is 3. The van der Waals surface area contributed by atoms with Crippen molar-refractivity contribution < 1.29 is 23.5 Å². The summed E-state index contributed by atoms with van der Waals surface area (Å²) in [6.45, 7) is 4.18. The summed E-state index contributed by atoms with van der Waals surface area (Å²) in [5, 5.41) is 0. The molecule has 1 aliphatic carbocycles. The average molecular weight is 558 g/mol. The van der Waals surface area contributed by atoms with Crippen LogP contribution in [0.1, 0.15) is 60.6 Å². The second-order valence-corrected chi connectivity index (χ2v) is 11.1. The van der Waals surface area contributed by atoms with Crippen molar-refractivity contribution in [3.63, 3.8) is 0 Å². The fourth-order valence-corrected chi connectivity index (χ4v) is 7.20. The first kappa shape index (κ1) is 26.1. The molecule has 208 valence electrons. The fourth-order valence-electron chi connectivity index (χ4n) is 7.20. The van der Waals surface area contributed by atoms with E-state index in [1.54, 1.807) is 54.6 Å². The lowest BCUT2D eigenvalue weighted by molar-refractivity contribution is 0.0664. The predicted molar refractivity (Wildman–Crippen MR) is 159 cm³/mol. The Morgan fingerprint density at radius 2 is 1.57 bits per heavy atom. The van der Waals surface area contributed by atoms with E-state index in [2.05, 4.69) is 0 Å². The topological polar surface area (TPSA) is 63.7 Å². The van der Waals surface area contributed by atoms with E-state index >= 15 is 0 Å². The maximum atomic E-state index is 14.8. The van der Waals surface area contributed by atoms with Gasteiger partial charge in [0, 0.05) is 39.4 Å². The number of benzene rings is 4. The molecular weight excluding hydrogens is 529 g/mol. The summed E-state index contributed by atoms with van der Waals surface area (Å²) in [6.07, 6.45) is 3.55. The predicted octanol–water partition coefficient (Wildman–Crippen LogP) is 6.85. The molecule has 3 aliphatic rings. The molecule has 5 nitrogen and oxygen atoms in total. The molecule has 1 spiro atoms. The Balaban J connectivity index is 1.56. The van der Waals surface area contributed by atoms with Crippen molar-refractivity contribution in [2.24, 2.45) is 5.41 Å². The van der Waals surface area contributed by atoms with E-state index in [9.17, 15) is 18.8 Å². The first-order chi connectivity index (χ1) is 20.4. The van der Waals surface area contributed by atoms with Gasteiger partial charge in [-0.15, -0.1) is 0 Å². The Morgan fingerprint density at radius 1 is 0.905 bits per heavy atom. The van der Waals surface area contributed by atoms with Gasteiger partial charge >= 0.3 is 0 Å². The van der Waals surface area contributed by atoms with Crippen LogP contribution in [0.3, 0.4) is 0 Å². The molecular formula is C36H28FNO4. The zero-order chi connectivity index (χ0) is 29.2. The maximum absolute atomic E-state index is 14.8. The number of hydrogen-bond donors (Lipinski definition) is 0. The average Bonchev–Trinajstić information content (AvgIpc) is 3.43. The molecule has 0 radical (unpaired) electrons. The van der Waals surface area contributed by atoms with Crippen molar-refractivity contribution in [3.05, 3.63) is 136 Å². The molecule has 2 aliphatic heterocycles. The molecule has 3 atom stereocenters. The third-order valence-electron chi connectivity index (χ3n) is 8.92. The molecule has 0 saturated carbocycles. The van der Waals surface area contributed by atoms with Crippen molar-refractivity contribution in [1.82, 2.24) is 0 Å². The van der Waals surface area contributed by atoms with Crippen molar-refractivity contribution in [2.75, 3.05) is 11.5 Å². The number of Topliss-reactive ketones (excluding diaryl/α,β-unsaturated/α-hetero) is 3. The Kier molecular flexibility index (Phi) is 5.98. The Morgan fingerprint density at radius 3 is 2.26 bits per heavy atom. The maximum Gasteiger partial charge on any atom is 0.185 e. The van der Waals surface area contributed by atoms with Gasteiger partial charge in [0.1, 0.15) is 23.0 Å². The number of aryl methyl sites for hydroxylation is 1. The van der Waals surface area contributed by atoms with Crippen LogP contribution in [0.25, 0.3) is 6.08 Å². The smallest absolute Gasteiger partial charge is 0.185 e. The summed E-state index contributed by atoms with van der Waals surface area (Å²) in [5.41, 5.74) is 2.32. The molecule has 1 fully saturated rings. The molecule has 0 amide bonds. The van der Waals surface area contributed by atoms with E-state index in [1.165, 1.54) is 12.1 Å². The molecule has 7 rings (SSSR count). The molecule has 2 heterocycles. The monoisotopic (exact) mass is 557 g/mol. The van der Waals surface area contributed by atoms with Crippen molar-refractivity contribution in [1.29, 1.82) is 0 Å². The van der Waals surface area contributed by atoms with E-state index in [1.807, 2.05) is 55.1 Å². The van der Waals surface area contributed by atoms with Crippen LogP contribution in [-0.2, 0) is 0 Å². The van der Waals surface area contributed by atoms with Gasteiger partial charge < -0.3 is 9.64 Å². The summed E-state index contributed by atoms with van der Waals surface area (Å²) >= 11 is 0. The molecule has 6 heteroatoms.